The average molecular weight is 396 g/mol. The molecule has 3 rings (SSSR count). The fraction of sp³-hybridized carbons (Fsp3) is 0.409. The van der Waals surface area contributed by atoms with E-state index >= 15 is 0 Å². The molecule has 1 aliphatic rings. The third-order valence-electron chi connectivity index (χ3n) is 5.31. The number of nitrogens with one attached hydrogen (secondary N) is 3. The summed E-state index contributed by atoms with van der Waals surface area (Å²) in [5.41, 5.74) is 0.777. The average Bonchev–Trinajstić information content (AvgIpc) is 2.76. The van der Waals surface area contributed by atoms with E-state index in [4.69, 9.17) is 0 Å². The van der Waals surface area contributed by atoms with Crippen LogP contribution in [-0.2, 0) is 6.54 Å². The Kier molecular flexibility index (Phi) is 7.19. The molecular weight excluding hydrogens is 368 g/mol. The molecular formula is C22H28N4O3. The van der Waals surface area contributed by atoms with Crippen molar-refractivity contribution in [2.24, 2.45) is 5.92 Å². The molecule has 2 amide bonds. The zero-order valence-electron chi connectivity index (χ0n) is 16.7. The molecule has 0 radical (unpaired) electrons. The predicted octanol–water partition coefficient (Wildman–Crippen LogP) is 1.38. The van der Waals surface area contributed by atoms with Crippen molar-refractivity contribution < 1.29 is 9.59 Å². The first kappa shape index (κ1) is 20.8. The van der Waals surface area contributed by atoms with Crippen molar-refractivity contribution in [3.8, 4) is 0 Å². The Morgan fingerprint density at radius 2 is 1.86 bits per heavy atom. The van der Waals surface area contributed by atoms with Crippen molar-refractivity contribution in [3.05, 3.63) is 69.6 Å². The molecule has 29 heavy (non-hydrogen) atoms. The first-order valence-corrected chi connectivity index (χ1v) is 10.1. The lowest BCUT2D eigenvalue weighted by Crippen LogP contribution is -2.34. The van der Waals surface area contributed by atoms with Gasteiger partial charge in [0.2, 0.25) is 0 Å². The van der Waals surface area contributed by atoms with E-state index in [0.717, 1.165) is 37.9 Å². The quantitative estimate of drug-likeness (QED) is 0.659. The number of amides is 2. The zero-order valence-corrected chi connectivity index (χ0v) is 16.7. The van der Waals surface area contributed by atoms with Crippen molar-refractivity contribution in [1.82, 2.24) is 20.5 Å². The molecule has 0 aliphatic carbocycles. The summed E-state index contributed by atoms with van der Waals surface area (Å²) in [7, 11) is 1.47. The van der Waals surface area contributed by atoms with Crippen LogP contribution in [0.3, 0.4) is 0 Å². The van der Waals surface area contributed by atoms with Crippen LogP contribution in [0.4, 0.5) is 0 Å². The highest BCUT2D eigenvalue weighted by molar-refractivity contribution is 5.99. The molecule has 1 aliphatic heterocycles. The predicted molar refractivity (Wildman–Crippen MR) is 112 cm³/mol. The van der Waals surface area contributed by atoms with Gasteiger partial charge in [0.1, 0.15) is 5.56 Å². The molecule has 154 valence electrons. The summed E-state index contributed by atoms with van der Waals surface area (Å²) in [5.74, 6) is -0.155. The van der Waals surface area contributed by atoms with Crippen LogP contribution in [0.25, 0.3) is 0 Å². The minimum atomic E-state index is -0.499. The van der Waals surface area contributed by atoms with Crippen molar-refractivity contribution in [2.45, 2.75) is 25.8 Å². The summed E-state index contributed by atoms with van der Waals surface area (Å²) in [6, 6.07) is 10.8. The highest BCUT2D eigenvalue weighted by Gasteiger charge is 2.18. The summed E-state index contributed by atoms with van der Waals surface area (Å²) in [6.45, 7) is 2.92. The van der Waals surface area contributed by atoms with Gasteiger partial charge in [-0.1, -0.05) is 30.3 Å². The van der Waals surface area contributed by atoms with Gasteiger partial charge in [0.15, 0.2) is 0 Å². The topological polar surface area (TPSA) is 92.2 Å². The second-order valence-corrected chi connectivity index (χ2v) is 7.38. The maximum atomic E-state index is 12.7. The minimum absolute atomic E-state index is 0.0329. The summed E-state index contributed by atoms with van der Waals surface area (Å²) >= 11 is 0. The van der Waals surface area contributed by atoms with E-state index in [1.165, 1.54) is 23.9 Å². The summed E-state index contributed by atoms with van der Waals surface area (Å²) in [5, 5.41) is 8.75. The van der Waals surface area contributed by atoms with Crippen LogP contribution in [0.2, 0.25) is 0 Å². The van der Waals surface area contributed by atoms with E-state index in [-0.39, 0.29) is 11.5 Å². The van der Waals surface area contributed by atoms with Crippen molar-refractivity contribution >= 4 is 11.8 Å². The number of rotatable bonds is 7. The summed E-state index contributed by atoms with van der Waals surface area (Å²) in [4.78, 5) is 37.6. The number of carbonyl (C=O) groups is 2. The van der Waals surface area contributed by atoms with Crippen LogP contribution in [-0.4, -0.2) is 43.1 Å². The number of piperidine rings is 1. The molecule has 0 saturated carbocycles. The Morgan fingerprint density at radius 1 is 1.14 bits per heavy atom. The first-order valence-electron chi connectivity index (χ1n) is 10.1. The fourth-order valence-corrected chi connectivity index (χ4v) is 3.62. The molecule has 7 heteroatoms. The van der Waals surface area contributed by atoms with E-state index in [9.17, 15) is 14.4 Å². The van der Waals surface area contributed by atoms with E-state index in [2.05, 4.69) is 16.0 Å². The molecule has 0 spiro atoms. The third-order valence-corrected chi connectivity index (χ3v) is 5.31. The second-order valence-electron chi connectivity index (χ2n) is 7.38. The van der Waals surface area contributed by atoms with Crippen LogP contribution < -0.4 is 21.5 Å². The van der Waals surface area contributed by atoms with Crippen LogP contribution in [0.1, 0.15) is 45.5 Å². The zero-order chi connectivity index (χ0) is 20.6. The van der Waals surface area contributed by atoms with Gasteiger partial charge in [-0.3, -0.25) is 14.4 Å². The molecule has 3 N–H and O–H groups in total. The molecule has 0 bridgehead atoms. The number of benzene rings is 1. The number of hydrogen-bond acceptors (Lipinski definition) is 4. The Morgan fingerprint density at radius 3 is 2.55 bits per heavy atom. The highest BCUT2D eigenvalue weighted by Crippen LogP contribution is 2.15. The molecule has 2 aromatic rings. The fourth-order valence-electron chi connectivity index (χ4n) is 3.62. The summed E-state index contributed by atoms with van der Waals surface area (Å²) in [6.07, 6.45) is 4.71. The van der Waals surface area contributed by atoms with Gasteiger partial charge in [-0.05, 0) is 49.9 Å². The largest absolute Gasteiger partial charge is 0.355 e. The minimum Gasteiger partial charge on any atom is -0.355 e. The molecule has 2 heterocycles. The van der Waals surface area contributed by atoms with Crippen LogP contribution in [0.5, 0.6) is 0 Å². The van der Waals surface area contributed by atoms with Gasteiger partial charge < -0.3 is 20.5 Å². The number of pyridine rings is 1. The monoisotopic (exact) mass is 396 g/mol. The van der Waals surface area contributed by atoms with Crippen molar-refractivity contribution in [2.75, 3.05) is 26.7 Å². The maximum absolute atomic E-state index is 12.7. The van der Waals surface area contributed by atoms with Crippen molar-refractivity contribution in [1.29, 1.82) is 0 Å². The Labute approximate surface area is 170 Å². The van der Waals surface area contributed by atoms with Crippen LogP contribution in [0.15, 0.2) is 47.4 Å². The lowest BCUT2D eigenvalue weighted by Gasteiger charge is -2.22. The normalized spacial score (nSPS) is 14.4. The molecule has 7 nitrogen and oxygen atoms in total. The standard InChI is InChI=1S/C22H28N4O3/c1-23-21(28)19-13-18(20(27)25-12-9-16-7-10-24-11-8-16)15-26(22(19)29)14-17-5-3-2-4-6-17/h2-6,13,15-16,24H,7-12,14H2,1H3,(H,23,28)(H,25,27). The van der Waals surface area contributed by atoms with E-state index < -0.39 is 11.5 Å². The smallest absolute Gasteiger partial charge is 0.263 e. The Hall–Kier alpha value is -2.93. The molecule has 1 saturated heterocycles. The van der Waals surface area contributed by atoms with E-state index in [1.54, 1.807) is 0 Å². The van der Waals surface area contributed by atoms with Gasteiger partial charge >= 0.3 is 0 Å². The van der Waals surface area contributed by atoms with Gasteiger partial charge in [-0.25, -0.2) is 0 Å². The van der Waals surface area contributed by atoms with E-state index in [1.807, 2.05) is 30.3 Å². The van der Waals surface area contributed by atoms with Gasteiger partial charge in [0.25, 0.3) is 17.4 Å². The van der Waals surface area contributed by atoms with Crippen molar-refractivity contribution in [3.63, 3.8) is 0 Å². The number of hydrogen-bond donors (Lipinski definition) is 3. The lowest BCUT2D eigenvalue weighted by atomic mass is 9.95. The first-order chi connectivity index (χ1) is 14.1. The summed E-state index contributed by atoms with van der Waals surface area (Å²) < 4.78 is 1.42. The van der Waals surface area contributed by atoms with Gasteiger partial charge in [-0.15, -0.1) is 0 Å². The second kappa shape index (κ2) is 10.0. The molecule has 1 aromatic heterocycles. The highest BCUT2D eigenvalue weighted by atomic mass is 16.2. The SMILES string of the molecule is CNC(=O)c1cc(C(=O)NCCC2CCNCC2)cn(Cc2ccccc2)c1=O. The number of carbonyl (C=O) groups excluding carboxylic acids is 2. The number of aromatic nitrogens is 1. The molecule has 0 atom stereocenters. The maximum Gasteiger partial charge on any atom is 0.263 e. The number of nitrogens with zero attached hydrogens (tertiary/aromatic N) is 1. The third kappa shape index (κ3) is 5.54. The van der Waals surface area contributed by atoms with Crippen LogP contribution in [0, 0.1) is 5.92 Å². The van der Waals surface area contributed by atoms with Gasteiger partial charge in [0, 0.05) is 19.8 Å². The molecule has 0 unspecified atom stereocenters. The van der Waals surface area contributed by atoms with Crippen LogP contribution >= 0.6 is 0 Å². The Balaban J connectivity index is 1.77. The molecule has 1 aromatic carbocycles. The molecule has 1 fully saturated rings. The van der Waals surface area contributed by atoms with E-state index in [0.29, 0.717) is 24.6 Å². The Bertz CT molecular complexity index is 902. The lowest BCUT2D eigenvalue weighted by molar-refractivity contribution is 0.0949. The van der Waals surface area contributed by atoms with Gasteiger partial charge in [-0.2, -0.15) is 0 Å². The van der Waals surface area contributed by atoms with Gasteiger partial charge in [0.05, 0.1) is 12.1 Å².